The summed E-state index contributed by atoms with van der Waals surface area (Å²) in [6, 6.07) is 5.35. The normalized spacial score (nSPS) is 22.9. The number of hydrogen-bond donors (Lipinski definition) is 2. The second-order valence-electron chi connectivity index (χ2n) is 8.11. The van der Waals surface area contributed by atoms with Crippen LogP contribution in [0.15, 0.2) is 60.6 Å². The molecule has 0 saturated carbocycles. The number of urea groups is 1. The number of aromatic nitrogens is 2. The van der Waals surface area contributed by atoms with E-state index in [1.807, 2.05) is 42.8 Å². The molecule has 2 atom stereocenters. The molecule has 166 valence electrons. The minimum absolute atomic E-state index is 0.0486. The molecule has 2 aliphatic rings. The second kappa shape index (κ2) is 8.45. The summed E-state index contributed by atoms with van der Waals surface area (Å²) in [4.78, 5) is 18.2. The number of allylic oxidation sites excluding steroid dienone is 2. The monoisotopic (exact) mass is 435 g/mol. The molecule has 0 radical (unpaired) electrons. The van der Waals surface area contributed by atoms with E-state index in [2.05, 4.69) is 10.3 Å². The van der Waals surface area contributed by atoms with Crippen molar-refractivity contribution >= 4 is 17.9 Å². The van der Waals surface area contributed by atoms with E-state index in [0.717, 1.165) is 22.5 Å². The summed E-state index contributed by atoms with van der Waals surface area (Å²) in [6.07, 6.45) is 11.3. The Bertz CT molecular complexity index is 1150. The van der Waals surface area contributed by atoms with Crippen molar-refractivity contribution in [3.63, 3.8) is 0 Å². The van der Waals surface area contributed by atoms with Crippen LogP contribution < -0.4 is 10.1 Å². The van der Waals surface area contributed by atoms with Gasteiger partial charge in [0.05, 0.1) is 30.4 Å². The molecule has 2 aromatic rings. The number of imidazole rings is 1. The number of nitrogens with one attached hydrogen (secondary N) is 2. The number of rotatable bonds is 5. The highest BCUT2D eigenvalue weighted by Gasteiger charge is 2.45. The summed E-state index contributed by atoms with van der Waals surface area (Å²) in [5, 5.41) is 11.4. The number of amidine groups is 1. The van der Waals surface area contributed by atoms with Crippen LogP contribution in [-0.2, 0) is 0 Å². The van der Waals surface area contributed by atoms with Gasteiger partial charge in [0, 0.05) is 19.2 Å². The van der Waals surface area contributed by atoms with Crippen LogP contribution in [0.2, 0.25) is 0 Å². The molecule has 4 rings (SSSR count). The average molecular weight is 436 g/mol. The lowest BCUT2D eigenvalue weighted by Crippen LogP contribution is -2.48. The minimum atomic E-state index is -1.01. The molecule has 2 amide bonds. The van der Waals surface area contributed by atoms with Gasteiger partial charge in [0.25, 0.3) is 0 Å². The maximum atomic E-state index is 13.5. The molecule has 1 aliphatic heterocycles. The van der Waals surface area contributed by atoms with Gasteiger partial charge in [-0.2, -0.15) is 0 Å². The molecule has 2 heterocycles. The maximum Gasteiger partial charge on any atom is 0.324 e. The number of carbonyl (C=O) groups is 1. The quantitative estimate of drug-likeness (QED) is 0.546. The fraction of sp³-hybridized carbons (Fsp3) is 0.292. The Hall–Kier alpha value is -3.68. The molecule has 2 unspecified atom stereocenters. The van der Waals surface area contributed by atoms with Gasteiger partial charge >= 0.3 is 6.03 Å². The molecule has 0 bridgehead atoms. The molecule has 7 nitrogen and oxygen atoms in total. The van der Waals surface area contributed by atoms with Crippen molar-refractivity contribution < 1.29 is 13.9 Å². The lowest BCUT2D eigenvalue weighted by Gasteiger charge is -2.35. The van der Waals surface area contributed by atoms with Crippen LogP contribution in [0.25, 0.3) is 11.8 Å². The van der Waals surface area contributed by atoms with E-state index in [1.54, 1.807) is 37.7 Å². The zero-order valence-corrected chi connectivity index (χ0v) is 18.3. The second-order valence-corrected chi connectivity index (χ2v) is 8.11. The lowest BCUT2D eigenvalue weighted by molar-refractivity contribution is 0.221. The van der Waals surface area contributed by atoms with Gasteiger partial charge in [-0.3, -0.25) is 10.3 Å². The third kappa shape index (κ3) is 3.95. The molecule has 0 spiro atoms. The topological polar surface area (TPSA) is 83.2 Å². The number of amides is 2. The highest BCUT2D eigenvalue weighted by atomic mass is 19.1. The predicted octanol–water partition coefficient (Wildman–Crippen LogP) is 4.19. The largest absolute Gasteiger partial charge is 0.495 e. The summed E-state index contributed by atoms with van der Waals surface area (Å²) in [7, 11) is 1.60. The van der Waals surface area contributed by atoms with Crippen LogP contribution >= 0.6 is 0 Å². The number of aryl methyl sites for hydroxylation is 1. The number of ether oxygens (including phenoxy) is 1. The number of methoxy groups -OCH3 is 1. The summed E-state index contributed by atoms with van der Waals surface area (Å²) in [5.41, 5.74) is 2.65. The molecule has 2 N–H and O–H groups in total. The lowest BCUT2D eigenvalue weighted by atomic mass is 9.87. The maximum absolute atomic E-state index is 13.5. The van der Waals surface area contributed by atoms with Crippen LogP contribution in [0.1, 0.15) is 24.6 Å². The van der Waals surface area contributed by atoms with Crippen molar-refractivity contribution in [2.45, 2.75) is 32.0 Å². The Balaban J connectivity index is 1.57. The summed E-state index contributed by atoms with van der Waals surface area (Å²) < 4.78 is 20.9. The van der Waals surface area contributed by atoms with Crippen molar-refractivity contribution in [1.29, 1.82) is 5.41 Å². The summed E-state index contributed by atoms with van der Waals surface area (Å²) in [5.74, 6) is 0.713. The Labute approximate surface area is 186 Å². The van der Waals surface area contributed by atoms with Crippen molar-refractivity contribution in [2.24, 2.45) is 0 Å². The van der Waals surface area contributed by atoms with Gasteiger partial charge in [-0.25, -0.2) is 14.2 Å². The van der Waals surface area contributed by atoms with Crippen molar-refractivity contribution in [3.05, 3.63) is 71.9 Å². The Morgan fingerprint density at radius 2 is 2.25 bits per heavy atom. The first-order chi connectivity index (χ1) is 15.3. The molecule has 1 aliphatic carbocycles. The molecule has 1 fully saturated rings. The van der Waals surface area contributed by atoms with Gasteiger partial charge in [0.15, 0.2) is 0 Å². The summed E-state index contributed by atoms with van der Waals surface area (Å²) >= 11 is 0. The third-order valence-electron chi connectivity index (χ3n) is 5.82. The SMILES string of the molecule is COc1cc(/C=C/C(=N)N2C(=O)NCC2(C)C2=CCC(F)C=C2)ccc1-n1cnc(C)c1. The molecule has 1 aromatic carbocycles. The standard InChI is InChI=1S/C24H26FN5O2/c1-16-13-29(15-28-16)20-10-4-17(12-21(20)32-3)5-11-22(26)30-23(31)27-14-24(30,2)18-6-8-19(25)9-7-18/h4-8,10-13,15,19,26H,9,14H2,1-3H3,(H,27,31)/b11-5+,26-22?. The van der Waals surface area contributed by atoms with E-state index in [0.29, 0.717) is 12.3 Å². The number of nitrogens with zero attached hydrogens (tertiary/aromatic N) is 3. The highest BCUT2D eigenvalue weighted by Crippen LogP contribution is 2.33. The van der Waals surface area contributed by atoms with Gasteiger partial charge in [-0.05, 0) is 43.2 Å². The van der Waals surface area contributed by atoms with Gasteiger partial charge in [-0.15, -0.1) is 0 Å². The van der Waals surface area contributed by atoms with E-state index in [4.69, 9.17) is 10.1 Å². The number of benzene rings is 1. The fourth-order valence-corrected chi connectivity index (χ4v) is 4.04. The highest BCUT2D eigenvalue weighted by molar-refractivity contribution is 6.06. The van der Waals surface area contributed by atoms with Gasteiger partial charge in [0.2, 0.25) is 0 Å². The van der Waals surface area contributed by atoms with Gasteiger partial charge in [0.1, 0.15) is 17.8 Å². The third-order valence-corrected chi connectivity index (χ3v) is 5.82. The van der Waals surface area contributed by atoms with E-state index in [1.165, 1.54) is 11.0 Å². The van der Waals surface area contributed by atoms with Crippen LogP contribution in [0.3, 0.4) is 0 Å². The Morgan fingerprint density at radius 1 is 1.44 bits per heavy atom. The van der Waals surface area contributed by atoms with Crippen molar-refractivity contribution in [1.82, 2.24) is 19.8 Å². The zero-order chi connectivity index (χ0) is 22.9. The average Bonchev–Trinajstić information content (AvgIpc) is 3.35. The molecule has 8 heteroatoms. The van der Waals surface area contributed by atoms with Crippen LogP contribution in [0.5, 0.6) is 5.75 Å². The molecule has 32 heavy (non-hydrogen) atoms. The number of carbonyl (C=O) groups excluding carboxylic acids is 1. The fourth-order valence-electron chi connectivity index (χ4n) is 4.04. The van der Waals surface area contributed by atoms with Crippen LogP contribution in [-0.4, -0.2) is 51.7 Å². The van der Waals surface area contributed by atoms with Gasteiger partial charge < -0.3 is 14.6 Å². The first-order valence-corrected chi connectivity index (χ1v) is 10.4. The van der Waals surface area contributed by atoms with Gasteiger partial charge in [-0.1, -0.05) is 30.4 Å². The molecular formula is C24H26FN5O2. The van der Waals surface area contributed by atoms with E-state index in [9.17, 15) is 9.18 Å². The zero-order valence-electron chi connectivity index (χ0n) is 18.3. The molecule has 1 aromatic heterocycles. The number of alkyl halides is 1. The Kier molecular flexibility index (Phi) is 5.69. The number of halogens is 1. The first kappa shape index (κ1) is 21.5. The van der Waals surface area contributed by atoms with Crippen LogP contribution in [0.4, 0.5) is 9.18 Å². The van der Waals surface area contributed by atoms with Crippen LogP contribution in [0, 0.1) is 12.3 Å². The number of hydrogen-bond acceptors (Lipinski definition) is 4. The van der Waals surface area contributed by atoms with E-state index in [-0.39, 0.29) is 18.3 Å². The first-order valence-electron chi connectivity index (χ1n) is 10.4. The van der Waals surface area contributed by atoms with E-state index < -0.39 is 11.7 Å². The summed E-state index contributed by atoms with van der Waals surface area (Å²) in [6.45, 7) is 4.15. The predicted molar refractivity (Wildman–Crippen MR) is 122 cm³/mol. The van der Waals surface area contributed by atoms with Crippen molar-refractivity contribution in [3.8, 4) is 11.4 Å². The molecule has 1 saturated heterocycles. The van der Waals surface area contributed by atoms with E-state index >= 15 is 0 Å². The Morgan fingerprint density at radius 3 is 2.91 bits per heavy atom. The minimum Gasteiger partial charge on any atom is -0.495 e. The smallest absolute Gasteiger partial charge is 0.324 e. The molecular weight excluding hydrogens is 409 g/mol. The van der Waals surface area contributed by atoms with Crippen molar-refractivity contribution in [2.75, 3.05) is 13.7 Å².